The zero-order valence-electron chi connectivity index (χ0n) is 17.0. The molecule has 2 aliphatic heterocycles. The number of nitrogens with one attached hydrogen (secondary N) is 2. The number of amides is 4. The van der Waals surface area contributed by atoms with Gasteiger partial charge in [-0.1, -0.05) is 13.8 Å². The molecule has 1 aromatic heterocycles. The number of morpholine rings is 1. The summed E-state index contributed by atoms with van der Waals surface area (Å²) in [5.41, 5.74) is -0.951. The number of ether oxygens (including phenoxy) is 1. The fourth-order valence-corrected chi connectivity index (χ4v) is 6.30. The highest BCUT2D eigenvalue weighted by Crippen LogP contribution is 2.26. The highest BCUT2D eigenvalue weighted by molar-refractivity contribution is 7.91. The van der Waals surface area contributed by atoms with Crippen molar-refractivity contribution in [1.82, 2.24) is 19.8 Å². The van der Waals surface area contributed by atoms with Crippen molar-refractivity contribution < 1.29 is 27.5 Å². The van der Waals surface area contributed by atoms with Crippen molar-refractivity contribution in [3.05, 3.63) is 17.0 Å². The van der Waals surface area contributed by atoms with Gasteiger partial charge in [-0.15, -0.1) is 11.3 Å². The summed E-state index contributed by atoms with van der Waals surface area (Å²) in [6.45, 7) is 4.72. The zero-order valence-corrected chi connectivity index (χ0v) is 18.6. The monoisotopic (exact) mass is 458 g/mol. The van der Waals surface area contributed by atoms with E-state index >= 15 is 0 Å². The van der Waals surface area contributed by atoms with Gasteiger partial charge in [0.1, 0.15) is 16.3 Å². The first-order valence-corrected chi connectivity index (χ1v) is 12.1. The van der Waals surface area contributed by atoms with E-state index in [4.69, 9.17) is 4.74 Å². The van der Waals surface area contributed by atoms with Crippen LogP contribution in [0.5, 0.6) is 0 Å². The third-order valence-electron chi connectivity index (χ3n) is 5.42. The molecule has 30 heavy (non-hydrogen) atoms. The van der Waals surface area contributed by atoms with Crippen LogP contribution in [-0.2, 0) is 30.9 Å². The molecule has 2 aliphatic rings. The number of thiophene rings is 1. The van der Waals surface area contributed by atoms with Gasteiger partial charge in [-0.3, -0.25) is 14.5 Å². The van der Waals surface area contributed by atoms with Gasteiger partial charge in [-0.2, -0.15) is 4.31 Å². The molecule has 0 saturated carbocycles. The standard InChI is InChI=1S/C18H26N4O6S2/c1-3-18(4-2)16(24)22(17(25)20-18)12-14(23)19-11-13-5-6-15(29-13)30(26,27)21-7-9-28-10-8-21/h5-6H,3-4,7-12H2,1-2H3,(H,19,23)(H,20,25). The molecule has 166 valence electrons. The van der Waals surface area contributed by atoms with Crippen LogP contribution in [0.3, 0.4) is 0 Å². The highest BCUT2D eigenvalue weighted by Gasteiger charge is 2.49. The molecule has 2 N–H and O–H groups in total. The minimum absolute atomic E-state index is 0.110. The van der Waals surface area contributed by atoms with Crippen LogP contribution in [0.2, 0.25) is 0 Å². The van der Waals surface area contributed by atoms with Gasteiger partial charge in [-0.05, 0) is 25.0 Å². The molecule has 3 heterocycles. The first-order chi connectivity index (χ1) is 14.2. The topological polar surface area (TPSA) is 125 Å². The van der Waals surface area contributed by atoms with Crippen LogP contribution in [0.15, 0.2) is 16.3 Å². The molecule has 2 saturated heterocycles. The lowest BCUT2D eigenvalue weighted by Gasteiger charge is -2.25. The number of imide groups is 1. The fraction of sp³-hybridized carbons (Fsp3) is 0.611. The van der Waals surface area contributed by atoms with E-state index in [0.29, 0.717) is 44.0 Å². The SMILES string of the molecule is CCC1(CC)NC(=O)N(CC(=O)NCc2ccc(S(=O)(=O)N3CCOCC3)s2)C1=O. The molecule has 0 bridgehead atoms. The molecular weight excluding hydrogens is 432 g/mol. The molecule has 0 aromatic carbocycles. The first-order valence-electron chi connectivity index (χ1n) is 9.81. The summed E-state index contributed by atoms with van der Waals surface area (Å²) in [6, 6.07) is 2.59. The number of nitrogens with zero attached hydrogens (tertiary/aromatic N) is 2. The third-order valence-corrected chi connectivity index (χ3v) is 8.87. The Morgan fingerprint density at radius 3 is 2.50 bits per heavy atom. The Bertz CT molecular complexity index is 919. The lowest BCUT2D eigenvalue weighted by Crippen LogP contribution is -2.46. The number of carbonyl (C=O) groups excluding carboxylic acids is 3. The van der Waals surface area contributed by atoms with E-state index in [0.717, 1.165) is 16.2 Å². The summed E-state index contributed by atoms with van der Waals surface area (Å²) >= 11 is 1.08. The average Bonchev–Trinajstić information content (AvgIpc) is 3.32. The fourth-order valence-electron chi connectivity index (χ4n) is 3.44. The van der Waals surface area contributed by atoms with E-state index in [1.807, 2.05) is 13.8 Å². The third kappa shape index (κ3) is 4.36. The minimum atomic E-state index is -3.58. The van der Waals surface area contributed by atoms with Crippen molar-refractivity contribution >= 4 is 39.2 Å². The highest BCUT2D eigenvalue weighted by atomic mass is 32.2. The molecular formula is C18H26N4O6S2. The van der Waals surface area contributed by atoms with Crippen molar-refractivity contribution in [2.24, 2.45) is 0 Å². The summed E-state index contributed by atoms with van der Waals surface area (Å²) in [6.07, 6.45) is 0.892. The summed E-state index contributed by atoms with van der Waals surface area (Å²) in [4.78, 5) is 38.5. The van der Waals surface area contributed by atoms with Crippen molar-refractivity contribution in [2.45, 2.75) is 43.0 Å². The second-order valence-electron chi connectivity index (χ2n) is 7.12. The molecule has 0 aliphatic carbocycles. The number of urea groups is 1. The number of hydrogen-bond donors (Lipinski definition) is 2. The zero-order chi connectivity index (χ0) is 21.9. The van der Waals surface area contributed by atoms with E-state index in [1.165, 1.54) is 10.4 Å². The van der Waals surface area contributed by atoms with E-state index in [9.17, 15) is 22.8 Å². The van der Waals surface area contributed by atoms with E-state index in [1.54, 1.807) is 6.07 Å². The van der Waals surface area contributed by atoms with Crippen LogP contribution in [0, 0.1) is 0 Å². The summed E-state index contributed by atoms with van der Waals surface area (Å²) in [5, 5.41) is 5.32. The Hall–Kier alpha value is -2.02. The van der Waals surface area contributed by atoms with Crippen LogP contribution in [0.4, 0.5) is 4.79 Å². The predicted octanol–water partition coefficient (Wildman–Crippen LogP) is 0.496. The summed E-state index contributed by atoms with van der Waals surface area (Å²) < 4.78 is 32.1. The van der Waals surface area contributed by atoms with Gasteiger partial charge in [0, 0.05) is 18.0 Å². The molecule has 4 amide bonds. The normalized spacial score (nSPS) is 19.7. The maximum atomic E-state index is 12.7. The van der Waals surface area contributed by atoms with Gasteiger partial charge in [0.25, 0.3) is 15.9 Å². The van der Waals surface area contributed by atoms with Gasteiger partial charge in [0.15, 0.2) is 0 Å². The molecule has 10 nitrogen and oxygen atoms in total. The minimum Gasteiger partial charge on any atom is -0.379 e. The van der Waals surface area contributed by atoms with Crippen LogP contribution in [0.25, 0.3) is 0 Å². The van der Waals surface area contributed by atoms with E-state index < -0.39 is 33.4 Å². The molecule has 12 heteroatoms. The van der Waals surface area contributed by atoms with Crippen LogP contribution in [-0.4, -0.2) is 73.9 Å². The Labute approximate surface area is 179 Å². The van der Waals surface area contributed by atoms with Crippen LogP contribution < -0.4 is 10.6 Å². The lowest BCUT2D eigenvalue weighted by molar-refractivity contribution is -0.135. The molecule has 0 spiro atoms. The molecule has 1 aromatic rings. The second-order valence-corrected chi connectivity index (χ2v) is 10.5. The Kier molecular flexibility index (Phi) is 6.80. The lowest BCUT2D eigenvalue weighted by atomic mass is 9.93. The summed E-state index contributed by atoms with van der Waals surface area (Å²) in [5.74, 6) is -0.893. The van der Waals surface area contributed by atoms with E-state index in [-0.39, 0.29) is 17.3 Å². The molecule has 0 unspecified atom stereocenters. The van der Waals surface area contributed by atoms with Crippen molar-refractivity contribution in [3.63, 3.8) is 0 Å². The van der Waals surface area contributed by atoms with Gasteiger partial charge in [0.2, 0.25) is 5.91 Å². The van der Waals surface area contributed by atoms with E-state index in [2.05, 4.69) is 10.6 Å². The van der Waals surface area contributed by atoms with Gasteiger partial charge in [-0.25, -0.2) is 13.2 Å². The second kappa shape index (κ2) is 9.00. The number of hydrogen-bond acceptors (Lipinski definition) is 7. The molecule has 0 radical (unpaired) electrons. The Morgan fingerprint density at radius 2 is 1.90 bits per heavy atom. The molecule has 2 fully saturated rings. The van der Waals surface area contributed by atoms with Crippen LogP contribution in [0.1, 0.15) is 31.6 Å². The first kappa shape index (κ1) is 22.7. The van der Waals surface area contributed by atoms with Gasteiger partial charge >= 0.3 is 6.03 Å². The van der Waals surface area contributed by atoms with Crippen LogP contribution >= 0.6 is 11.3 Å². The van der Waals surface area contributed by atoms with Gasteiger partial charge in [0.05, 0.1) is 19.8 Å². The molecule has 3 rings (SSSR count). The summed E-state index contributed by atoms with van der Waals surface area (Å²) in [7, 11) is -3.58. The number of carbonyl (C=O) groups is 3. The smallest absolute Gasteiger partial charge is 0.325 e. The maximum Gasteiger partial charge on any atom is 0.325 e. The Balaban J connectivity index is 1.57. The number of rotatable bonds is 8. The van der Waals surface area contributed by atoms with Crippen molar-refractivity contribution in [3.8, 4) is 0 Å². The Morgan fingerprint density at radius 1 is 1.23 bits per heavy atom. The van der Waals surface area contributed by atoms with Crippen molar-refractivity contribution in [1.29, 1.82) is 0 Å². The average molecular weight is 459 g/mol. The maximum absolute atomic E-state index is 12.7. The predicted molar refractivity (Wildman–Crippen MR) is 109 cm³/mol. The largest absolute Gasteiger partial charge is 0.379 e. The quantitative estimate of drug-likeness (QED) is 0.547. The number of sulfonamides is 1. The van der Waals surface area contributed by atoms with Crippen molar-refractivity contribution in [2.75, 3.05) is 32.8 Å². The molecule has 0 atom stereocenters. The van der Waals surface area contributed by atoms with Gasteiger partial charge < -0.3 is 15.4 Å².